The molecule has 1 unspecified atom stereocenters. The Morgan fingerprint density at radius 2 is 1.36 bits per heavy atom. The number of rotatable bonds is 10. The lowest BCUT2D eigenvalue weighted by Gasteiger charge is -2.32. The first-order valence-corrected chi connectivity index (χ1v) is 9.45. The Labute approximate surface area is 163 Å². The minimum absolute atomic E-state index is 0.136. The van der Waals surface area contributed by atoms with Gasteiger partial charge in [-0.05, 0) is 55.0 Å². The van der Waals surface area contributed by atoms with Crippen molar-refractivity contribution >= 4 is 11.6 Å². The van der Waals surface area contributed by atoms with Crippen LogP contribution in [0.4, 0.5) is 8.78 Å². The van der Waals surface area contributed by atoms with E-state index in [2.05, 4.69) is 6.92 Å². The zero-order valence-corrected chi connectivity index (χ0v) is 16.0. The minimum atomic E-state index is -1.96. The van der Waals surface area contributed by atoms with Gasteiger partial charge in [0.25, 0.3) is 0 Å². The number of hydrogen-bond acceptors (Lipinski definition) is 4. The largest absolute Gasteiger partial charge is 0.306 e. The lowest BCUT2D eigenvalue weighted by atomic mass is 9.78. The molecule has 4 N–H and O–H groups in total. The van der Waals surface area contributed by atoms with Crippen molar-refractivity contribution in [3.8, 4) is 0 Å². The fourth-order valence-electron chi connectivity index (χ4n) is 3.19. The highest BCUT2D eigenvalue weighted by Crippen LogP contribution is 2.26. The third-order valence-corrected chi connectivity index (χ3v) is 4.87. The molecule has 2 aromatic carbocycles. The Morgan fingerprint density at radius 1 is 0.857 bits per heavy atom. The molecular weight excluding hydrogens is 362 g/mol. The van der Waals surface area contributed by atoms with Gasteiger partial charge in [0.1, 0.15) is 17.3 Å². The molecule has 0 radical (unpaired) electrons. The highest BCUT2D eigenvalue weighted by molar-refractivity contribution is 6.08. The summed E-state index contributed by atoms with van der Waals surface area (Å²) < 4.78 is 26.4. The van der Waals surface area contributed by atoms with Crippen LogP contribution < -0.4 is 11.5 Å². The van der Waals surface area contributed by atoms with Crippen molar-refractivity contribution in [1.82, 2.24) is 0 Å². The fourth-order valence-corrected chi connectivity index (χ4v) is 3.19. The van der Waals surface area contributed by atoms with Crippen molar-refractivity contribution in [3.63, 3.8) is 0 Å². The normalized spacial score (nSPS) is 12.6. The van der Waals surface area contributed by atoms with Gasteiger partial charge in [-0.2, -0.15) is 0 Å². The molecule has 0 aliphatic carbocycles. The van der Waals surface area contributed by atoms with Crippen LogP contribution >= 0.6 is 0 Å². The van der Waals surface area contributed by atoms with E-state index in [1.54, 1.807) is 0 Å². The summed E-state index contributed by atoms with van der Waals surface area (Å²) in [4.78, 5) is 26.0. The molecule has 2 aromatic rings. The van der Waals surface area contributed by atoms with Gasteiger partial charge in [-0.3, -0.25) is 9.59 Å². The number of carbonyl (C=O) groups excluding carboxylic acids is 2. The van der Waals surface area contributed by atoms with E-state index in [4.69, 9.17) is 11.5 Å². The predicted octanol–water partition coefficient (Wildman–Crippen LogP) is 4.23. The van der Waals surface area contributed by atoms with Gasteiger partial charge in [-0.15, -0.1) is 0 Å². The maximum Gasteiger partial charge on any atom is 0.197 e. The van der Waals surface area contributed by atoms with Gasteiger partial charge in [-0.25, -0.2) is 8.78 Å². The Morgan fingerprint density at radius 3 is 1.86 bits per heavy atom. The SMILES string of the molecule is CCCCCCC(C(=O)c1ccc(F)cc1)C(N)(N)C(=O)c1ccc(F)cc1. The summed E-state index contributed by atoms with van der Waals surface area (Å²) in [6, 6.07) is 9.94. The Bertz CT molecular complexity index is 802. The number of ketones is 2. The molecule has 150 valence electrons. The Kier molecular flexibility index (Phi) is 7.54. The standard InChI is InChI=1S/C22H26F2N2O2/c1-2-3-4-5-6-19(20(27)15-7-11-17(23)12-8-15)22(25,26)21(28)16-9-13-18(24)14-10-16/h7-14,19H,2-6,25-26H2,1H3. The zero-order valence-electron chi connectivity index (χ0n) is 16.0. The third kappa shape index (κ3) is 5.30. The van der Waals surface area contributed by atoms with E-state index in [-0.39, 0.29) is 11.1 Å². The summed E-state index contributed by atoms with van der Waals surface area (Å²) in [5.41, 5.74) is 10.8. The van der Waals surface area contributed by atoms with Crippen LogP contribution in [-0.4, -0.2) is 17.2 Å². The monoisotopic (exact) mass is 388 g/mol. The molecule has 0 fully saturated rings. The number of carbonyl (C=O) groups is 2. The van der Waals surface area contributed by atoms with E-state index in [1.165, 1.54) is 36.4 Å². The molecule has 0 heterocycles. The second kappa shape index (κ2) is 9.66. The summed E-state index contributed by atoms with van der Waals surface area (Å²) in [7, 11) is 0. The molecule has 2 rings (SSSR count). The Balaban J connectivity index is 2.31. The van der Waals surface area contributed by atoms with Crippen LogP contribution in [0.2, 0.25) is 0 Å². The number of Topliss-reactive ketones (excluding diaryl/α,β-unsaturated/α-hetero) is 2. The number of benzene rings is 2. The topological polar surface area (TPSA) is 86.2 Å². The van der Waals surface area contributed by atoms with Crippen molar-refractivity contribution in [1.29, 1.82) is 0 Å². The van der Waals surface area contributed by atoms with Gasteiger partial charge in [0.2, 0.25) is 0 Å². The maximum atomic E-state index is 13.2. The summed E-state index contributed by atoms with van der Waals surface area (Å²) in [5.74, 6) is -2.98. The molecule has 0 amide bonds. The molecule has 0 saturated carbocycles. The molecule has 0 bridgehead atoms. The van der Waals surface area contributed by atoms with E-state index < -0.39 is 34.8 Å². The molecule has 0 aromatic heterocycles. The van der Waals surface area contributed by atoms with Crippen LogP contribution in [0, 0.1) is 17.6 Å². The van der Waals surface area contributed by atoms with E-state index >= 15 is 0 Å². The average molecular weight is 388 g/mol. The van der Waals surface area contributed by atoms with Crippen LogP contribution in [-0.2, 0) is 0 Å². The first kappa shape index (κ1) is 21.9. The zero-order chi connectivity index (χ0) is 20.7. The summed E-state index contributed by atoms with van der Waals surface area (Å²) in [6.07, 6.45) is 3.89. The smallest absolute Gasteiger partial charge is 0.197 e. The summed E-state index contributed by atoms with van der Waals surface area (Å²) >= 11 is 0. The van der Waals surface area contributed by atoms with Gasteiger partial charge in [0.15, 0.2) is 11.6 Å². The minimum Gasteiger partial charge on any atom is -0.306 e. The van der Waals surface area contributed by atoms with Gasteiger partial charge in [0, 0.05) is 11.1 Å². The van der Waals surface area contributed by atoms with Gasteiger partial charge in [-0.1, -0.05) is 32.6 Å². The van der Waals surface area contributed by atoms with Crippen molar-refractivity contribution in [2.75, 3.05) is 0 Å². The van der Waals surface area contributed by atoms with Gasteiger partial charge >= 0.3 is 0 Å². The lowest BCUT2D eigenvalue weighted by Crippen LogP contribution is -2.63. The molecule has 6 heteroatoms. The molecule has 0 aliphatic rings. The first-order valence-electron chi connectivity index (χ1n) is 9.45. The number of nitrogens with two attached hydrogens (primary N) is 2. The highest BCUT2D eigenvalue weighted by atomic mass is 19.1. The molecule has 1 atom stereocenters. The summed E-state index contributed by atoms with van der Waals surface area (Å²) in [6.45, 7) is 2.06. The molecule has 28 heavy (non-hydrogen) atoms. The third-order valence-electron chi connectivity index (χ3n) is 4.87. The second-order valence-corrected chi connectivity index (χ2v) is 7.04. The fraction of sp³-hybridized carbons (Fsp3) is 0.364. The first-order chi connectivity index (χ1) is 13.3. The van der Waals surface area contributed by atoms with Gasteiger partial charge in [0.05, 0.1) is 5.92 Å². The number of hydrogen-bond donors (Lipinski definition) is 2. The summed E-state index contributed by atoms with van der Waals surface area (Å²) in [5, 5.41) is 0. The van der Waals surface area contributed by atoms with E-state index in [9.17, 15) is 18.4 Å². The molecule has 0 aliphatic heterocycles. The molecule has 0 saturated heterocycles. The van der Waals surface area contributed by atoms with Gasteiger partial charge < -0.3 is 11.5 Å². The average Bonchev–Trinajstić information content (AvgIpc) is 2.68. The van der Waals surface area contributed by atoms with Crippen LogP contribution in [0.5, 0.6) is 0 Å². The van der Waals surface area contributed by atoms with E-state index in [0.717, 1.165) is 31.4 Å². The molecule has 4 nitrogen and oxygen atoms in total. The maximum absolute atomic E-state index is 13.2. The predicted molar refractivity (Wildman–Crippen MR) is 105 cm³/mol. The number of halogens is 2. The van der Waals surface area contributed by atoms with Crippen molar-refractivity contribution in [2.45, 2.75) is 44.7 Å². The van der Waals surface area contributed by atoms with Crippen molar-refractivity contribution in [3.05, 3.63) is 71.3 Å². The van der Waals surface area contributed by atoms with Crippen molar-refractivity contribution in [2.24, 2.45) is 17.4 Å². The van der Waals surface area contributed by atoms with Crippen LogP contribution in [0.15, 0.2) is 48.5 Å². The number of unbranched alkanes of at least 4 members (excludes halogenated alkanes) is 3. The van der Waals surface area contributed by atoms with E-state index in [0.29, 0.717) is 12.8 Å². The highest BCUT2D eigenvalue weighted by Gasteiger charge is 2.42. The van der Waals surface area contributed by atoms with Crippen LogP contribution in [0.25, 0.3) is 0 Å². The van der Waals surface area contributed by atoms with E-state index in [1.807, 2.05) is 0 Å². The molecule has 0 spiro atoms. The second-order valence-electron chi connectivity index (χ2n) is 7.04. The lowest BCUT2D eigenvalue weighted by molar-refractivity contribution is 0.0713. The quantitative estimate of drug-likeness (QED) is 0.362. The van der Waals surface area contributed by atoms with Crippen LogP contribution in [0.3, 0.4) is 0 Å². The Hall–Kier alpha value is -2.44. The van der Waals surface area contributed by atoms with Crippen LogP contribution in [0.1, 0.15) is 59.7 Å². The molecular formula is C22H26F2N2O2. The van der Waals surface area contributed by atoms with Crippen molar-refractivity contribution < 1.29 is 18.4 Å².